The SMILES string of the molecule is Cc1ccc(CN(Cc2ccco2)C(=O)C(O)c2cnn(C)c2)s1. The predicted molar refractivity (Wildman–Crippen MR) is 90.2 cm³/mol. The standard InChI is InChI=1S/C17H19N3O3S/c1-12-5-6-15(24-12)11-20(10-14-4-3-7-23-14)17(22)16(21)13-8-18-19(2)9-13/h3-9,16,21H,10-11H2,1-2H3. The van der Waals surface area contributed by atoms with E-state index in [1.54, 1.807) is 46.5 Å². The van der Waals surface area contributed by atoms with Crippen LogP contribution in [-0.2, 0) is 24.9 Å². The highest BCUT2D eigenvalue weighted by Gasteiger charge is 2.26. The van der Waals surface area contributed by atoms with Gasteiger partial charge in [-0.15, -0.1) is 11.3 Å². The van der Waals surface area contributed by atoms with Crippen LogP contribution in [0, 0.1) is 6.92 Å². The van der Waals surface area contributed by atoms with Crippen LogP contribution in [0.4, 0.5) is 0 Å². The van der Waals surface area contributed by atoms with Gasteiger partial charge in [0.05, 0.1) is 25.5 Å². The summed E-state index contributed by atoms with van der Waals surface area (Å²) in [7, 11) is 1.75. The molecule has 0 fully saturated rings. The number of rotatable bonds is 6. The van der Waals surface area contributed by atoms with Crippen LogP contribution in [-0.4, -0.2) is 25.7 Å². The Kier molecular flexibility index (Phi) is 4.82. The molecule has 0 radical (unpaired) electrons. The molecule has 3 heterocycles. The molecule has 0 saturated carbocycles. The highest BCUT2D eigenvalue weighted by atomic mass is 32.1. The molecule has 0 aliphatic heterocycles. The van der Waals surface area contributed by atoms with Gasteiger partial charge in [-0.3, -0.25) is 9.48 Å². The molecule has 0 aliphatic carbocycles. The Bertz CT molecular complexity index is 807. The summed E-state index contributed by atoms with van der Waals surface area (Å²) < 4.78 is 6.92. The number of hydrogen-bond acceptors (Lipinski definition) is 5. The van der Waals surface area contributed by atoms with Crippen molar-refractivity contribution in [1.29, 1.82) is 0 Å². The molecule has 0 aromatic carbocycles. The molecule has 24 heavy (non-hydrogen) atoms. The maximum Gasteiger partial charge on any atom is 0.256 e. The minimum absolute atomic E-state index is 0.306. The van der Waals surface area contributed by atoms with Crippen molar-refractivity contribution in [3.05, 3.63) is 64.0 Å². The number of carbonyl (C=O) groups excluding carboxylic acids is 1. The Hall–Kier alpha value is -2.38. The van der Waals surface area contributed by atoms with Crippen LogP contribution in [0.5, 0.6) is 0 Å². The van der Waals surface area contributed by atoms with Gasteiger partial charge in [-0.2, -0.15) is 5.10 Å². The maximum absolute atomic E-state index is 12.8. The lowest BCUT2D eigenvalue weighted by atomic mass is 10.1. The summed E-state index contributed by atoms with van der Waals surface area (Å²) in [6.45, 7) is 2.76. The number of nitrogens with zero attached hydrogens (tertiary/aromatic N) is 3. The van der Waals surface area contributed by atoms with Gasteiger partial charge in [0.2, 0.25) is 0 Å². The van der Waals surface area contributed by atoms with Crippen LogP contribution < -0.4 is 0 Å². The molecule has 0 bridgehead atoms. The maximum atomic E-state index is 12.8. The minimum Gasteiger partial charge on any atom is -0.467 e. The molecule has 1 amide bonds. The summed E-state index contributed by atoms with van der Waals surface area (Å²) in [5.41, 5.74) is 0.481. The molecular weight excluding hydrogens is 326 g/mol. The van der Waals surface area contributed by atoms with E-state index in [9.17, 15) is 9.90 Å². The predicted octanol–water partition coefficient (Wildman–Crippen LogP) is 2.65. The zero-order valence-corrected chi connectivity index (χ0v) is 14.4. The van der Waals surface area contributed by atoms with Crippen LogP contribution >= 0.6 is 11.3 Å². The fourth-order valence-electron chi connectivity index (χ4n) is 2.46. The highest BCUT2D eigenvalue weighted by molar-refractivity contribution is 7.11. The van der Waals surface area contributed by atoms with Gasteiger partial charge in [-0.1, -0.05) is 0 Å². The number of thiophene rings is 1. The summed E-state index contributed by atoms with van der Waals surface area (Å²) in [6.07, 6.45) is 3.48. The smallest absolute Gasteiger partial charge is 0.256 e. The van der Waals surface area contributed by atoms with E-state index >= 15 is 0 Å². The lowest BCUT2D eigenvalue weighted by Gasteiger charge is -2.23. The van der Waals surface area contributed by atoms with E-state index in [1.807, 2.05) is 25.1 Å². The van der Waals surface area contributed by atoms with Gasteiger partial charge >= 0.3 is 0 Å². The zero-order chi connectivity index (χ0) is 17.1. The summed E-state index contributed by atoms with van der Waals surface area (Å²) in [5.74, 6) is 0.306. The highest BCUT2D eigenvalue weighted by Crippen LogP contribution is 2.22. The molecule has 1 atom stereocenters. The van der Waals surface area contributed by atoms with Gasteiger partial charge in [0.15, 0.2) is 6.10 Å². The zero-order valence-electron chi connectivity index (χ0n) is 13.5. The van der Waals surface area contributed by atoms with Crippen LogP contribution in [0.1, 0.15) is 27.2 Å². The normalized spacial score (nSPS) is 12.3. The van der Waals surface area contributed by atoms with Crippen LogP contribution in [0.2, 0.25) is 0 Å². The van der Waals surface area contributed by atoms with Crippen LogP contribution in [0.25, 0.3) is 0 Å². The molecule has 3 rings (SSSR count). The molecule has 0 spiro atoms. The largest absolute Gasteiger partial charge is 0.467 e. The monoisotopic (exact) mass is 345 g/mol. The van der Waals surface area contributed by atoms with E-state index in [2.05, 4.69) is 5.10 Å². The van der Waals surface area contributed by atoms with Crippen molar-refractivity contribution >= 4 is 17.2 Å². The molecule has 0 saturated heterocycles. The molecule has 0 aliphatic rings. The molecular formula is C17H19N3O3S. The van der Waals surface area contributed by atoms with Gasteiger partial charge in [0.25, 0.3) is 5.91 Å². The van der Waals surface area contributed by atoms with Crippen molar-refractivity contribution < 1.29 is 14.3 Å². The van der Waals surface area contributed by atoms with Gasteiger partial charge < -0.3 is 14.4 Å². The second-order valence-electron chi connectivity index (χ2n) is 5.64. The number of furan rings is 1. The Morgan fingerprint density at radius 2 is 2.25 bits per heavy atom. The number of carbonyl (C=O) groups is 1. The van der Waals surface area contributed by atoms with Crippen LogP contribution in [0.3, 0.4) is 0 Å². The summed E-state index contributed by atoms with van der Waals surface area (Å²) in [5, 5.41) is 14.4. The van der Waals surface area contributed by atoms with Crippen molar-refractivity contribution in [3.8, 4) is 0 Å². The van der Waals surface area contributed by atoms with E-state index in [-0.39, 0.29) is 5.91 Å². The van der Waals surface area contributed by atoms with E-state index in [1.165, 1.54) is 11.1 Å². The lowest BCUT2D eigenvalue weighted by Crippen LogP contribution is -2.34. The molecule has 3 aromatic rings. The molecule has 126 valence electrons. The van der Waals surface area contributed by atoms with Gasteiger partial charge in [-0.05, 0) is 31.2 Å². The van der Waals surface area contributed by atoms with Crippen molar-refractivity contribution in [2.75, 3.05) is 0 Å². The van der Waals surface area contributed by atoms with E-state index in [4.69, 9.17) is 4.42 Å². The average molecular weight is 345 g/mol. The number of hydrogen-bond donors (Lipinski definition) is 1. The Morgan fingerprint density at radius 1 is 1.42 bits per heavy atom. The molecule has 1 N–H and O–H groups in total. The molecule has 3 aromatic heterocycles. The third kappa shape index (κ3) is 3.74. The third-order valence-electron chi connectivity index (χ3n) is 3.66. The van der Waals surface area contributed by atoms with Crippen molar-refractivity contribution in [2.24, 2.45) is 7.05 Å². The first-order valence-electron chi connectivity index (χ1n) is 7.56. The second-order valence-corrected chi connectivity index (χ2v) is 7.01. The van der Waals surface area contributed by atoms with Crippen molar-refractivity contribution in [2.45, 2.75) is 26.1 Å². The quantitative estimate of drug-likeness (QED) is 0.745. The van der Waals surface area contributed by atoms with E-state index < -0.39 is 6.10 Å². The topological polar surface area (TPSA) is 71.5 Å². The Balaban J connectivity index is 1.80. The fraction of sp³-hybridized carbons (Fsp3) is 0.294. The number of aliphatic hydroxyl groups is 1. The van der Waals surface area contributed by atoms with Crippen LogP contribution in [0.15, 0.2) is 47.3 Å². The fourth-order valence-corrected chi connectivity index (χ4v) is 3.36. The Morgan fingerprint density at radius 3 is 2.83 bits per heavy atom. The second kappa shape index (κ2) is 7.02. The van der Waals surface area contributed by atoms with E-state index in [0.717, 1.165) is 4.88 Å². The number of aryl methyl sites for hydroxylation is 2. The average Bonchev–Trinajstić information content (AvgIpc) is 3.28. The number of aliphatic hydroxyl groups excluding tert-OH is 1. The minimum atomic E-state index is -1.24. The molecule has 6 nitrogen and oxygen atoms in total. The van der Waals surface area contributed by atoms with Gasteiger partial charge in [0.1, 0.15) is 5.76 Å². The Labute approximate surface area is 143 Å². The molecule has 1 unspecified atom stereocenters. The van der Waals surface area contributed by atoms with E-state index in [0.29, 0.717) is 24.4 Å². The van der Waals surface area contributed by atoms with Crippen molar-refractivity contribution in [3.63, 3.8) is 0 Å². The first kappa shape index (κ1) is 16.5. The first-order chi connectivity index (χ1) is 11.5. The van der Waals surface area contributed by atoms with Gasteiger partial charge in [0, 0.05) is 28.6 Å². The van der Waals surface area contributed by atoms with Crippen molar-refractivity contribution in [1.82, 2.24) is 14.7 Å². The lowest BCUT2D eigenvalue weighted by molar-refractivity contribution is -0.142. The third-order valence-corrected chi connectivity index (χ3v) is 4.64. The summed E-state index contributed by atoms with van der Waals surface area (Å²) in [6, 6.07) is 7.62. The number of amides is 1. The summed E-state index contributed by atoms with van der Waals surface area (Å²) >= 11 is 1.64. The summed E-state index contributed by atoms with van der Waals surface area (Å²) in [4.78, 5) is 16.6. The number of aromatic nitrogens is 2. The first-order valence-corrected chi connectivity index (χ1v) is 8.37. The van der Waals surface area contributed by atoms with Gasteiger partial charge in [-0.25, -0.2) is 0 Å². The molecule has 7 heteroatoms.